The van der Waals surface area contributed by atoms with Gasteiger partial charge in [0.05, 0.1) is 0 Å². The van der Waals surface area contributed by atoms with Crippen molar-refractivity contribution in [3.8, 4) is 0 Å². The maximum atomic E-state index is 12.7. The van der Waals surface area contributed by atoms with E-state index in [1.807, 2.05) is 20.8 Å². The molecule has 1 heterocycles. The van der Waals surface area contributed by atoms with Crippen molar-refractivity contribution in [1.82, 2.24) is 0 Å². The molecule has 0 fully saturated rings. The molecule has 0 unspecified atom stereocenters. The van der Waals surface area contributed by atoms with Gasteiger partial charge in [0.15, 0.2) is 0 Å². The SMILES string of the molecule is CC(C)(C)c1cc2c(cc1Cl)C=C[C@@H](C(F)(F)F)N2. The zero-order valence-corrected chi connectivity index (χ0v) is 11.7. The highest BCUT2D eigenvalue weighted by molar-refractivity contribution is 6.31. The molecule has 5 heteroatoms. The molecule has 0 saturated carbocycles. The quantitative estimate of drug-likeness (QED) is 0.708. The van der Waals surface area contributed by atoms with Crippen molar-refractivity contribution in [2.24, 2.45) is 0 Å². The lowest BCUT2D eigenvalue weighted by molar-refractivity contribution is -0.132. The van der Waals surface area contributed by atoms with Gasteiger partial charge in [-0.15, -0.1) is 0 Å². The Hall–Kier alpha value is -1.16. The Morgan fingerprint density at radius 1 is 1.16 bits per heavy atom. The van der Waals surface area contributed by atoms with E-state index in [2.05, 4.69) is 5.32 Å². The van der Waals surface area contributed by atoms with Gasteiger partial charge in [0.1, 0.15) is 6.04 Å². The number of alkyl halides is 3. The number of nitrogens with one attached hydrogen (secondary N) is 1. The third-order valence-electron chi connectivity index (χ3n) is 3.08. The molecule has 0 saturated heterocycles. The lowest BCUT2D eigenvalue weighted by Gasteiger charge is -2.28. The van der Waals surface area contributed by atoms with Gasteiger partial charge in [-0.1, -0.05) is 44.5 Å². The minimum Gasteiger partial charge on any atom is -0.370 e. The molecule has 2 rings (SSSR count). The first-order valence-corrected chi connectivity index (χ1v) is 6.32. The maximum absolute atomic E-state index is 12.7. The summed E-state index contributed by atoms with van der Waals surface area (Å²) in [4.78, 5) is 0. The molecule has 1 aromatic carbocycles. The highest BCUT2D eigenvalue weighted by atomic mass is 35.5. The third kappa shape index (κ3) is 2.89. The van der Waals surface area contributed by atoms with E-state index in [1.54, 1.807) is 12.1 Å². The van der Waals surface area contributed by atoms with E-state index in [1.165, 1.54) is 6.08 Å². The van der Waals surface area contributed by atoms with E-state index >= 15 is 0 Å². The van der Waals surface area contributed by atoms with Gasteiger partial charge in [0.25, 0.3) is 0 Å². The molecule has 0 aromatic heterocycles. The molecule has 0 radical (unpaired) electrons. The van der Waals surface area contributed by atoms with Crippen LogP contribution >= 0.6 is 11.6 Å². The van der Waals surface area contributed by atoms with Crippen LogP contribution in [0.1, 0.15) is 31.9 Å². The summed E-state index contributed by atoms with van der Waals surface area (Å²) in [7, 11) is 0. The first-order valence-electron chi connectivity index (χ1n) is 5.94. The summed E-state index contributed by atoms with van der Waals surface area (Å²) in [5, 5.41) is 3.08. The lowest BCUT2D eigenvalue weighted by Crippen LogP contribution is -2.36. The molecule has 19 heavy (non-hydrogen) atoms. The highest BCUT2D eigenvalue weighted by Gasteiger charge is 2.39. The Kier molecular flexibility index (Phi) is 3.33. The zero-order valence-electron chi connectivity index (χ0n) is 10.9. The maximum Gasteiger partial charge on any atom is 0.412 e. The molecule has 0 spiro atoms. The first-order chi connectivity index (χ1) is 8.59. The molecule has 1 aliphatic heterocycles. The molecular formula is C14H15ClF3N. The van der Waals surface area contributed by atoms with Crippen LogP contribution in [-0.4, -0.2) is 12.2 Å². The predicted octanol–water partition coefficient (Wildman–Crippen LogP) is 5.01. The van der Waals surface area contributed by atoms with Gasteiger partial charge in [-0.05, 0) is 28.7 Å². The number of rotatable bonds is 0. The molecule has 1 N–H and O–H groups in total. The van der Waals surface area contributed by atoms with Crippen LogP contribution in [0.4, 0.5) is 18.9 Å². The average molecular weight is 290 g/mol. The second kappa shape index (κ2) is 4.44. The minimum absolute atomic E-state index is 0.220. The number of benzene rings is 1. The van der Waals surface area contributed by atoms with Gasteiger partial charge in [-0.25, -0.2) is 0 Å². The normalized spacial score (nSPS) is 19.0. The monoisotopic (exact) mass is 289 g/mol. The second-order valence-electron chi connectivity index (χ2n) is 5.69. The first kappa shape index (κ1) is 14.3. The van der Waals surface area contributed by atoms with Gasteiger partial charge in [-0.3, -0.25) is 0 Å². The summed E-state index contributed by atoms with van der Waals surface area (Å²) in [6.07, 6.45) is -1.73. The molecule has 1 nitrogen and oxygen atoms in total. The Morgan fingerprint density at radius 2 is 1.79 bits per heavy atom. The van der Waals surface area contributed by atoms with Crippen LogP contribution in [0, 0.1) is 0 Å². The van der Waals surface area contributed by atoms with Crippen molar-refractivity contribution in [2.75, 3.05) is 5.32 Å². The Morgan fingerprint density at radius 3 is 2.32 bits per heavy atom. The van der Waals surface area contributed by atoms with Crippen molar-refractivity contribution < 1.29 is 13.2 Å². The molecule has 0 aliphatic carbocycles. The standard InChI is InChI=1S/C14H15ClF3N/c1-13(2,3)9-7-11-8(6-10(9)15)4-5-12(19-11)14(16,17)18/h4-7,12,19H,1-3H3/t12-/m0/s1. The summed E-state index contributed by atoms with van der Waals surface area (Å²) in [5.74, 6) is 0. The van der Waals surface area contributed by atoms with Crippen LogP contribution < -0.4 is 5.32 Å². The highest BCUT2D eigenvalue weighted by Crippen LogP contribution is 2.38. The van der Waals surface area contributed by atoms with Crippen LogP contribution in [0.3, 0.4) is 0 Å². The van der Waals surface area contributed by atoms with E-state index in [4.69, 9.17) is 11.6 Å². The Balaban J connectivity index is 2.45. The van der Waals surface area contributed by atoms with Crippen LogP contribution in [0.5, 0.6) is 0 Å². The largest absolute Gasteiger partial charge is 0.412 e. The van der Waals surface area contributed by atoms with E-state index in [-0.39, 0.29) is 5.41 Å². The summed E-state index contributed by atoms with van der Waals surface area (Å²) in [6, 6.07) is 1.77. The van der Waals surface area contributed by atoms with Crippen LogP contribution in [0.25, 0.3) is 6.08 Å². The fraction of sp³-hybridized carbons (Fsp3) is 0.429. The van der Waals surface area contributed by atoms with Crippen molar-refractivity contribution in [2.45, 2.75) is 38.4 Å². The number of fused-ring (bicyclic) bond motifs is 1. The van der Waals surface area contributed by atoms with Gasteiger partial charge in [0.2, 0.25) is 0 Å². The van der Waals surface area contributed by atoms with Gasteiger partial charge >= 0.3 is 6.18 Å². The second-order valence-corrected chi connectivity index (χ2v) is 6.10. The van der Waals surface area contributed by atoms with Crippen molar-refractivity contribution in [3.05, 3.63) is 34.4 Å². The predicted molar refractivity (Wildman–Crippen MR) is 72.7 cm³/mol. The smallest absolute Gasteiger partial charge is 0.370 e. The van der Waals surface area contributed by atoms with Gasteiger partial charge < -0.3 is 5.32 Å². The van der Waals surface area contributed by atoms with Crippen molar-refractivity contribution >= 4 is 23.4 Å². The molecule has 1 atom stereocenters. The lowest BCUT2D eigenvalue weighted by atomic mass is 9.85. The molecule has 0 bridgehead atoms. The van der Waals surface area contributed by atoms with E-state index in [0.29, 0.717) is 16.3 Å². The van der Waals surface area contributed by atoms with Gasteiger partial charge in [-0.2, -0.15) is 13.2 Å². The summed E-state index contributed by atoms with van der Waals surface area (Å²) in [5.41, 5.74) is 1.76. The number of hydrogen-bond acceptors (Lipinski definition) is 1. The Bertz CT molecular complexity index is 527. The van der Waals surface area contributed by atoms with E-state index < -0.39 is 12.2 Å². The molecule has 1 aliphatic rings. The molecule has 0 amide bonds. The van der Waals surface area contributed by atoms with E-state index in [0.717, 1.165) is 11.6 Å². The van der Waals surface area contributed by atoms with Gasteiger partial charge in [0, 0.05) is 10.7 Å². The molecular weight excluding hydrogens is 275 g/mol. The average Bonchev–Trinajstić information content (AvgIpc) is 2.24. The minimum atomic E-state index is -4.30. The molecule has 104 valence electrons. The summed E-state index contributed by atoms with van der Waals surface area (Å²) >= 11 is 6.19. The number of anilines is 1. The number of halogens is 4. The fourth-order valence-corrected chi connectivity index (χ4v) is 2.49. The van der Waals surface area contributed by atoms with Crippen LogP contribution in [-0.2, 0) is 5.41 Å². The van der Waals surface area contributed by atoms with Crippen LogP contribution in [0.15, 0.2) is 18.2 Å². The third-order valence-corrected chi connectivity index (χ3v) is 3.39. The van der Waals surface area contributed by atoms with Crippen molar-refractivity contribution in [3.63, 3.8) is 0 Å². The summed E-state index contributed by atoms with van der Waals surface area (Å²) < 4.78 is 38.1. The molecule has 1 aromatic rings. The topological polar surface area (TPSA) is 12.0 Å². The fourth-order valence-electron chi connectivity index (χ4n) is 2.03. The summed E-state index contributed by atoms with van der Waals surface area (Å²) in [6.45, 7) is 5.92. The van der Waals surface area contributed by atoms with E-state index in [9.17, 15) is 13.2 Å². The number of hydrogen-bond donors (Lipinski definition) is 1. The van der Waals surface area contributed by atoms with Crippen LogP contribution in [0.2, 0.25) is 5.02 Å². The van der Waals surface area contributed by atoms with Crippen molar-refractivity contribution in [1.29, 1.82) is 0 Å². The zero-order chi connectivity index (χ0) is 14.4. The Labute approximate surface area is 115 Å².